The van der Waals surface area contributed by atoms with E-state index in [0.29, 0.717) is 45.4 Å². The van der Waals surface area contributed by atoms with Crippen molar-refractivity contribution < 1.29 is 5.11 Å². The second-order valence-corrected chi connectivity index (χ2v) is 5.92. The van der Waals surface area contributed by atoms with Crippen LogP contribution >= 0.6 is 23.2 Å². The number of nitrogens with one attached hydrogen (secondary N) is 2. The van der Waals surface area contributed by atoms with Crippen LogP contribution in [-0.2, 0) is 0 Å². The monoisotopic (exact) mass is 375 g/mol. The van der Waals surface area contributed by atoms with E-state index in [9.17, 15) is 0 Å². The van der Waals surface area contributed by atoms with Crippen molar-refractivity contribution in [1.82, 2.24) is 15.0 Å². The fourth-order valence-corrected chi connectivity index (χ4v) is 2.59. The molecule has 128 valence electrons. The van der Waals surface area contributed by atoms with Crippen LogP contribution in [0.3, 0.4) is 0 Å². The van der Waals surface area contributed by atoms with E-state index < -0.39 is 0 Å². The molecule has 0 unspecified atom stereocenters. The van der Waals surface area contributed by atoms with Gasteiger partial charge >= 0.3 is 0 Å². The first kappa shape index (κ1) is 17.4. The molecule has 0 aliphatic rings. The summed E-state index contributed by atoms with van der Waals surface area (Å²) in [6.45, 7) is 0.315. The van der Waals surface area contributed by atoms with E-state index in [4.69, 9.17) is 28.3 Å². The van der Waals surface area contributed by atoms with Gasteiger partial charge in [0.1, 0.15) is 5.82 Å². The summed E-state index contributed by atoms with van der Waals surface area (Å²) in [5, 5.41) is 16.2. The minimum absolute atomic E-state index is 0.0249. The predicted octanol–water partition coefficient (Wildman–Crippen LogP) is 3.99. The molecule has 0 saturated carbocycles. The van der Waals surface area contributed by atoms with Gasteiger partial charge in [0, 0.05) is 23.8 Å². The van der Waals surface area contributed by atoms with Crippen molar-refractivity contribution in [2.24, 2.45) is 0 Å². The van der Waals surface area contributed by atoms with Gasteiger partial charge in [-0.1, -0.05) is 29.3 Å². The molecule has 2 aromatic heterocycles. The van der Waals surface area contributed by atoms with Crippen molar-refractivity contribution in [2.75, 3.05) is 23.8 Å². The third kappa shape index (κ3) is 4.57. The lowest BCUT2D eigenvalue weighted by molar-refractivity contribution is 0.311. The first-order chi connectivity index (χ1) is 12.2. The van der Waals surface area contributed by atoms with Crippen molar-refractivity contribution in [3.63, 3.8) is 0 Å². The number of aromatic nitrogens is 3. The molecular weight excluding hydrogens is 361 g/mol. The Labute approximate surface area is 154 Å². The Morgan fingerprint density at radius 1 is 1.00 bits per heavy atom. The molecule has 0 radical (unpaired) electrons. The standard InChI is InChI=1S/C17H15Cl2N5O/c18-11-4-5-13(12(19)9-11)22-16-10-15(14-3-1-2-6-20-14)23-17(24-16)21-7-8-25/h1-6,9-10,25H,7-8H2,(H2,21,22,23,24). The second-order valence-electron chi connectivity index (χ2n) is 5.08. The van der Waals surface area contributed by atoms with Crippen LogP contribution in [0.15, 0.2) is 48.7 Å². The Morgan fingerprint density at radius 2 is 1.88 bits per heavy atom. The normalized spacial score (nSPS) is 10.5. The highest BCUT2D eigenvalue weighted by molar-refractivity contribution is 6.36. The quantitative estimate of drug-likeness (QED) is 0.603. The van der Waals surface area contributed by atoms with Crippen LogP contribution < -0.4 is 10.6 Å². The fourth-order valence-electron chi connectivity index (χ4n) is 2.13. The number of pyridine rings is 1. The Bertz CT molecular complexity index is 861. The lowest BCUT2D eigenvalue weighted by Crippen LogP contribution is -2.10. The lowest BCUT2D eigenvalue weighted by atomic mass is 10.2. The summed E-state index contributed by atoms with van der Waals surface area (Å²) in [6, 6.07) is 12.5. The average Bonchev–Trinajstić information content (AvgIpc) is 2.63. The van der Waals surface area contributed by atoms with Gasteiger partial charge in [0.2, 0.25) is 5.95 Å². The zero-order valence-corrected chi connectivity index (χ0v) is 14.6. The number of hydrogen-bond acceptors (Lipinski definition) is 6. The van der Waals surface area contributed by atoms with Gasteiger partial charge in [-0.05, 0) is 30.3 Å². The number of benzene rings is 1. The lowest BCUT2D eigenvalue weighted by Gasteiger charge is -2.12. The van der Waals surface area contributed by atoms with E-state index in [0.717, 1.165) is 0 Å². The van der Waals surface area contributed by atoms with Crippen molar-refractivity contribution in [3.05, 3.63) is 58.7 Å². The fraction of sp³-hybridized carbons (Fsp3) is 0.118. The number of rotatable bonds is 6. The van der Waals surface area contributed by atoms with E-state index >= 15 is 0 Å². The van der Waals surface area contributed by atoms with Gasteiger partial charge in [0.25, 0.3) is 0 Å². The van der Waals surface area contributed by atoms with Gasteiger partial charge in [0.15, 0.2) is 0 Å². The van der Waals surface area contributed by atoms with E-state index in [1.807, 2.05) is 18.2 Å². The largest absolute Gasteiger partial charge is 0.395 e. The molecule has 0 amide bonds. The predicted molar refractivity (Wildman–Crippen MR) is 101 cm³/mol. The molecule has 8 heteroatoms. The van der Waals surface area contributed by atoms with Crippen LogP contribution in [0.2, 0.25) is 10.0 Å². The molecule has 1 aromatic carbocycles. The summed E-state index contributed by atoms with van der Waals surface area (Å²) in [5.74, 6) is 0.921. The van der Waals surface area contributed by atoms with Crippen molar-refractivity contribution >= 4 is 40.7 Å². The van der Waals surface area contributed by atoms with Crippen LogP contribution in [0.1, 0.15) is 0 Å². The highest BCUT2D eigenvalue weighted by Gasteiger charge is 2.09. The number of nitrogens with zero attached hydrogens (tertiary/aromatic N) is 3. The Hall–Kier alpha value is -2.41. The van der Waals surface area contributed by atoms with Gasteiger partial charge < -0.3 is 15.7 Å². The minimum atomic E-state index is -0.0249. The Kier molecular flexibility index (Phi) is 5.65. The Balaban J connectivity index is 1.96. The molecule has 3 rings (SSSR count). The van der Waals surface area contributed by atoms with E-state index in [2.05, 4.69) is 25.6 Å². The molecule has 0 bridgehead atoms. The van der Waals surface area contributed by atoms with E-state index in [1.54, 1.807) is 30.5 Å². The second kappa shape index (κ2) is 8.11. The number of halogens is 2. The van der Waals surface area contributed by atoms with Crippen LogP contribution in [0.5, 0.6) is 0 Å². The molecule has 0 fully saturated rings. The minimum Gasteiger partial charge on any atom is -0.395 e. The third-order valence-corrected chi connectivity index (χ3v) is 3.79. The Morgan fingerprint density at radius 3 is 2.60 bits per heavy atom. The molecule has 0 aliphatic carbocycles. The van der Waals surface area contributed by atoms with Crippen molar-refractivity contribution in [3.8, 4) is 11.4 Å². The molecule has 0 atom stereocenters. The molecule has 0 saturated heterocycles. The smallest absolute Gasteiger partial charge is 0.225 e. The number of anilines is 3. The molecule has 0 aliphatic heterocycles. The van der Waals surface area contributed by atoms with Gasteiger partial charge in [-0.25, -0.2) is 4.98 Å². The van der Waals surface area contributed by atoms with Crippen LogP contribution in [0, 0.1) is 0 Å². The SMILES string of the molecule is OCCNc1nc(Nc2ccc(Cl)cc2Cl)cc(-c2ccccn2)n1. The maximum absolute atomic E-state index is 9.00. The topological polar surface area (TPSA) is 83.0 Å². The van der Waals surface area contributed by atoms with E-state index in [-0.39, 0.29) is 6.61 Å². The first-order valence-electron chi connectivity index (χ1n) is 7.53. The summed E-state index contributed by atoms with van der Waals surface area (Å²) in [5.41, 5.74) is 2.02. The zero-order chi connectivity index (χ0) is 17.6. The van der Waals surface area contributed by atoms with Crippen molar-refractivity contribution in [1.29, 1.82) is 0 Å². The number of aliphatic hydroxyl groups excluding tert-OH is 1. The molecule has 6 nitrogen and oxygen atoms in total. The van der Waals surface area contributed by atoms with Gasteiger partial charge in [0.05, 0.1) is 28.7 Å². The maximum Gasteiger partial charge on any atom is 0.225 e. The number of hydrogen-bond donors (Lipinski definition) is 3. The molecule has 2 heterocycles. The van der Waals surface area contributed by atoms with Crippen molar-refractivity contribution in [2.45, 2.75) is 0 Å². The van der Waals surface area contributed by atoms with Crippen LogP contribution in [0.25, 0.3) is 11.4 Å². The summed E-state index contributed by atoms with van der Waals surface area (Å²) >= 11 is 12.1. The summed E-state index contributed by atoms with van der Waals surface area (Å²) in [6.07, 6.45) is 1.70. The summed E-state index contributed by atoms with van der Waals surface area (Å²) < 4.78 is 0. The number of aliphatic hydroxyl groups is 1. The average molecular weight is 376 g/mol. The highest BCUT2D eigenvalue weighted by atomic mass is 35.5. The van der Waals surface area contributed by atoms with Gasteiger partial charge in [-0.3, -0.25) is 4.98 Å². The molecule has 3 aromatic rings. The molecule has 3 N–H and O–H groups in total. The molecule has 0 spiro atoms. The van der Waals surface area contributed by atoms with Crippen LogP contribution in [-0.4, -0.2) is 33.2 Å². The van der Waals surface area contributed by atoms with Gasteiger partial charge in [-0.2, -0.15) is 4.98 Å². The molecule has 25 heavy (non-hydrogen) atoms. The third-order valence-electron chi connectivity index (χ3n) is 3.24. The zero-order valence-electron chi connectivity index (χ0n) is 13.1. The summed E-state index contributed by atoms with van der Waals surface area (Å²) in [4.78, 5) is 13.1. The van der Waals surface area contributed by atoms with Crippen LogP contribution in [0.4, 0.5) is 17.5 Å². The molecular formula is C17H15Cl2N5O. The van der Waals surface area contributed by atoms with E-state index in [1.165, 1.54) is 0 Å². The summed E-state index contributed by atoms with van der Waals surface area (Å²) in [7, 11) is 0. The first-order valence-corrected chi connectivity index (χ1v) is 8.28. The maximum atomic E-state index is 9.00. The van der Waals surface area contributed by atoms with Gasteiger partial charge in [-0.15, -0.1) is 0 Å². The highest BCUT2D eigenvalue weighted by Crippen LogP contribution is 2.29.